The quantitative estimate of drug-likeness (QED) is 0.754. The van der Waals surface area contributed by atoms with Gasteiger partial charge in [0.1, 0.15) is 0 Å². The number of hydrogen-bond acceptors (Lipinski definition) is 2. The SMILES string of the molecule is Cl.OCCNCc1ccc2[nH]c3c(c2c1)CCCC3. The first-order valence-electron chi connectivity index (χ1n) is 6.82. The third kappa shape index (κ3) is 2.94. The number of aliphatic hydroxyl groups excluding tert-OH is 1. The molecule has 0 atom stereocenters. The number of aromatic nitrogens is 1. The number of aliphatic hydroxyl groups is 1. The van der Waals surface area contributed by atoms with E-state index in [4.69, 9.17) is 5.11 Å². The van der Waals surface area contributed by atoms with Crippen LogP contribution in [-0.4, -0.2) is 23.2 Å². The Morgan fingerprint density at radius 2 is 2.05 bits per heavy atom. The summed E-state index contributed by atoms with van der Waals surface area (Å²) >= 11 is 0. The Morgan fingerprint density at radius 1 is 1.21 bits per heavy atom. The third-order valence-corrected chi connectivity index (χ3v) is 3.78. The summed E-state index contributed by atoms with van der Waals surface area (Å²) in [4.78, 5) is 3.55. The van der Waals surface area contributed by atoms with Gasteiger partial charge < -0.3 is 15.4 Å². The predicted molar refractivity (Wildman–Crippen MR) is 81.0 cm³/mol. The van der Waals surface area contributed by atoms with Crippen LogP contribution in [0.15, 0.2) is 18.2 Å². The monoisotopic (exact) mass is 280 g/mol. The van der Waals surface area contributed by atoms with E-state index in [2.05, 4.69) is 28.5 Å². The number of halogens is 1. The Labute approximate surface area is 119 Å². The maximum Gasteiger partial charge on any atom is 0.0556 e. The fourth-order valence-corrected chi connectivity index (χ4v) is 2.87. The topological polar surface area (TPSA) is 48.0 Å². The molecule has 1 aromatic heterocycles. The third-order valence-electron chi connectivity index (χ3n) is 3.78. The van der Waals surface area contributed by atoms with Crippen LogP contribution < -0.4 is 5.32 Å². The minimum atomic E-state index is 0. The Morgan fingerprint density at radius 3 is 2.89 bits per heavy atom. The molecule has 0 radical (unpaired) electrons. The van der Waals surface area contributed by atoms with Gasteiger partial charge in [-0.15, -0.1) is 12.4 Å². The van der Waals surface area contributed by atoms with Gasteiger partial charge in [-0.25, -0.2) is 0 Å². The van der Waals surface area contributed by atoms with E-state index in [-0.39, 0.29) is 19.0 Å². The summed E-state index contributed by atoms with van der Waals surface area (Å²) in [6.45, 7) is 1.68. The van der Waals surface area contributed by atoms with E-state index >= 15 is 0 Å². The van der Waals surface area contributed by atoms with Crippen molar-refractivity contribution in [2.24, 2.45) is 0 Å². The van der Waals surface area contributed by atoms with Crippen molar-refractivity contribution in [2.75, 3.05) is 13.2 Å². The summed E-state index contributed by atoms with van der Waals surface area (Å²) in [7, 11) is 0. The molecule has 3 rings (SSSR count). The van der Waals surface area contributed by atoms with Crippen LogP contribution in [0.25, 0.3) is 10.9 Å². The Bertz CT molecular complexity index is 550. The average molecular weight is 281 g/mol. The molecular formula is C15H21ClN2O. The molecule has 3 N–H and O–H groups in total. The number of aryl methyl sites for hydroxylation is 2. The van der Waals surface area contributed by atoms with Gasteiger partial charge in [-0.2, -0.15) is 0 Å². The molecule has 19 heavy (non-hydrogen) atoms. The Balaban J connectivity index is 0.00000133. The van der Waals surface area contributed by atoms with Gasteiger partial charge >= 0.3 is 0 Å². The molecule has 1 aliphatic carbocycles. The number of hydrogen-bond donors (Lipinski definition) is 3. The highest BCUT2D eigenvalue weighted by Gasteiger charge is 2.15. The first-order valence-corrected chi connectivity index (χ1v) is 6.82. The number of rotatable bonds is 4. The number of H-pyrrole nitrogens is 1. The molecule has 0 saturated carbocycles. The lowest BCUT2D eigenvalue weighted by Crippen LogP contribution is -2.17. The summed E-state index contributed by atoms with van der Waals surface area (Å²) in [6.07, 6.45) is 5.03. The van der Waals surface area contributed by atoms with E-state index in [0.29, 0.717) is 6.54 Å². The lowest BCUT2D eigenvalue weighted by atomic mass is 9.95. The van der Waals surface area contributed by atoms with Gasteiger partial charge in [-0.3, -0.25) is 0 Å². The van der Waals surface area contributed by atoms with Crippen LogP contribution in [0.5, 0.6) is 0 Å². The molecule has 3 nitrogen and oxygen atoms in total. The lowest BCUT2D eigenvalue weighted by Gasteiger charge is -2.10. The van der Waals surface area contributed by atoms with Crippen LogP contribution in [0.2, 0.25) is 0 Å². The highest BCUT2D eigenvalue weighted by Crippen LogP contribution is 2.29. The van der Waals surface area contributed by atoms with Gasteiger partial charge in [0, 0.05) is 29.7 Å². The van der Waals surface area contributed by atoms with Crippen molar-refractivity contribution < 1.29 is 5.11 Å². The van der Waals surface area contributed by atoms with E-state index in [1.54, 1.807) is 0 Å². The summed E-state index contributed by atoms with van der Waals surface area (Å²) in [5.74, 6) is 0. The van der Waals surface area contributed by atoms with E-state index in [0.717, 1.165) is 6.54 Å². The second-order valence-corrected chi connectivity index (χ2v) is 5.07. The minimum absolute atomic E-state index is 0. The molecule has 0 spiro atoms. The van der Waals surface area contributed by atoms with E-state index < -0.39 is 0 Å². The molecule has 1 heterocycles. The summed E-state index contributed by atoms with van der Waals surface area (Å²) in [6, 6.07) is 6.64. The summed E-state index contributed by atoms with van der Waals surface area (Å²) in [5, 5.41) is 13.4. The molecule has 0 bridgehead atoms. The van der Waals surface area contributed by atoms with Gasteiger partial charge in [0.25, 0.3) is 0 Å². The minimum Gasteiger partial charge on any atom is -0.395 e. The predicted octanol–water partition coefficient (Wildman–Crippen LogP) is 2.55. The zero-order chi connectivity index (χ0) is 12.4. The lowest BCUT2D eigenvalue weighted by molar-refractivity contribution is 0.292. The molecular weight excluding hydrogens is 260 g/mol. The maximum atomic E-state index is 8.77. The smallest absolute Gasteiger partial charge is 0.0556 e. The average Bonchev–Trinajstić information content (AvgIpc) is 2.77. The van der Waals surface area contributed by atoms with E-state index in [1.807, 2.05) is 0 Å². The second kappa shape index (κ2) is 6.42. The van der Waals surface area contributed by atoms with Crippen LogP contribution in [-0.2, 0) is 19.4 Å². The Kier molecular flexibility index (Phi) is 4.86. The molecule has 0 amide bonds. The van der Waals surface area contributed by atoms with Gasteiger partial charge in [0.05, 0.1) is 6.61 Å². The number of aromatic amines is 1. The van der Waals surface area contributed by atoms with Crippen molar-refractivity contribution in [1.82, 2.24) is 10.3 Å². The fraction of sp³-hybridized carbons (Fsp3) is 0.467. The number of benzene rings is 1. The van der Waals surface area contributed by atoms with Gasteiger partial charge in [0.15, 0.2) is 0 Å². The van der Waals surface area contributed by atoms with Crippen molar-refractivity contribution in [1.29, 1.82) is 0 Å². The largest absolute Gasteiger partial charge is 0.395 e. The molecule has 0 unspecified atom stereocenters. The highest BCUT2D eigenvalue weighted by molar-refractivity contribution is 5.86. The normalized spacial score (nSPS) is 14.2. The molecule has 0 fully saturated rings. The molecule has 2 aromatic rings. The second-order valence-electron chi connectivity index (χ2n) is 5.07. The van der Waals surface area contributed by atoms with Crippen molar-refractivity contribution in [2.45, 2.75) is 32.2 Å². The molecule has 104 valence electrons. The zero-order valence-corrected chi connectivity index (χ0v) is 11.9. The highest BCUT2D eigenvalue weighted by atomic mass is 35.5. The first-order chi connectivity index (χ1) is 8.88. The van der Waals surface area contributed by atoms with Crippen LogP contribution >= 0.6 is 12.4 Å². The van der Waals surface area contributed by atoms with Crippen LogP contribution in [0.1, 0.15) is 29.7 Å². The zero-order valence-electron chi connectivity index (χ0n) is 11.0. The molecule has 0 aliphatic heterocycles. The standard InChI is InChI=1S/C15H20N2O.ClH/c18-8-7-16-10-11-5-6-15-13(9-11)12-3-1-2-4-14(12)17-15;/h5-6,9,16-18H,1-4,7-8,10H2;1H. The van der Waals surface area contributed by atoms with Crippen molar-refractivity contribution in [3.8, 4) is 0 Å². The van der Waals surface area contributed by atoms with E-state index in [1.165, 1.54) is 53.4 Å². The summed E-state index contributed by atoms with van der Waals surface area (Å²) in [5.41, 5.74) is 5.54. The molecule has 0 saturated heterocycles. The van der Waals surface area contributed by atoms with Crippen molar-refractivity contribution >= 4 is 23.3 Å². The molecule has 1 aliphatic rings. The number of nitrogens with one attached hydrogen (secondary N) is 2. The van der Waals surface area contributed by atoms with Crippen LogP contribution in [0.4, 0.5) is 0 Å². The summed E-state index contributed by atoms with van der Waals surface area (Å²) < 4.78 is 0. The maximum absolute atomic E-state index is 8.77. The van der Waals surface area contributed by atoms with Crippen molar-refractivity contribution in [3.63, 3.8) is 0 Å². The van der Waals surface area contributed by atoms with Crippen LogP contribution in [0, 0.1) is 0 Å². The van der Waals surface area contributed by atoms with Gasteiger partial charge in [-0.05, 0) is 48.9 Å². The number of fused-ring (bicyclic) bond motifs is 3. The molecule has 1 aromatic carbocycles. The first kappa shape index (κ1) is 14.4. The Hall–Kier alpha value is -1.03. The van der Waals surface area contributed by atoms with Gasteiger partial charge in [-0.1, -0.05) is 6.07 Å². The van der Waals surface area contributed by atoms with E-state index in [9.17, 15) is 0 Å². The van der Waals surface area contributed by atoms with Crippen molar-refractivity contribution in [3.05, 3.63) is 35.0 Å². The van der Waals surface area contributed by atoms with Crippen LogP contribution in [0.3, 0.4) is 0 Å². The van der Waals surface area contributed by atoms with Gasteiger partial charge in [0.2, 0.25) is 0 Å². The fourth-order valence-electron chi connectivity index (χ4n) is 2.87. The molecule has 4 heteroatoms.